The van der Waals surface area contributed by atoms with Crippen molar-refractivity contribution in [3.63, 3.8) is 0 Å². The smallest absolute Gasteiger partial charge is 0.408 e. The van der Waals surface area contributed by atoms with E-state index in [2.05, 4.69) is 14.8 Å². The third-order valence-corrected chi connectivity index (χ3v) is 2.86. The van der Waals surface area contributed by atoms with E-state index in [9.17, 15) is 14.4 Å². The Bertz CT molecular complexity index is 502. The normalized spacial score (nSPS) is 11.2. The zero-order chi connectivity index (χ0) is 16.4. The van der Waals surface area contributed by atoms with Crippen LogP contribution in [0.2, 0.25) is 0 Å². The highest BCUT2D eigenvalue weighted by Gasteiger charge is 2.23. The van der Waals surface area contributed by atoms with E-state index in [4.69, 9.17) is 4.74 Å². The summed E-state index contributed by atoms with van der Waals surface area (Å²) in [6, 6.07) is 8.15. The molecule has 22 heavy (non-hydrogen) atoms. The first kappa shape index (κ1) is 17.5. The summed E-state index contributed by atoms with van der Waals surface area (Å²) in [7, 11) is 2.45. The third-order valence-electron chi connectivity index (χ3n) is 2.86. The summed E-state index contributed by atoms with van der Waals surface area (Å²) in [6.45, 7) is 0.0809. The number of amides is 1. The number of hydrogen-bond donors (Lipinski definition) is 1. The van der Waals surface area contributed by atoms with Crippen molar-refractivity contribution in [1.82, 2.24) is 5.32 Å². The van der Waals surface area contributed by atoms with Gasteiger partial charge in [-0.05, 0) is 12.0 Å². The van der Waals surface area contributed by atoms with Gasteiger partial charge >= 0.3 is 18.0 Å². The van der Waals surface area contributed by atoms with Crippen LogP contribution >= 0.6 is 0 Å². The first-order valence-electron chi connectivity index (χ1n) is 6.68. The monoisotopic (exact) mass is 309 g/mol. The van der Waals surface area contributed by atoms with E-state index in [-0.39, 0.29) is 19.4 Å². The van der Waals surface area contributed by atoms with E-state index >= 15 is 0 Å². The van der Waals surface area contributed by atoms with Gasteiger partial charge in [0.2, 0.25) is 0 Å². The highest BCUT2D eigenvalue weighted by molar-refractivity contribution is 5.82. The Morgan fingerprint density at radius 3 is 2.36 bits per heavy atom. The van der Waals surface area contributed by atoms with Crippen LogP contribution in [0, 0.1) is 0 Å². The second kappa shape index (κ2) is 9.38. The van der Waals surface area contributed by atoms with Gasteiger partial charge in [0.05, 0.1) is 14.2 Å². The number of nitrogens with one attached hydrogen (secondary N) is 1. The van der Waals surface area contributed by atoms with Crippen LogP contribution in [0.5, 0.6) is 0 Å². The van der Waals surface area contributed by atoms with Crippen molar-refractivity contribution in [2.45, 2.75) is 25.5 Å². The second-order valence-electron chi connectivity index (χ2n) is 4.40. The maximum Gasteiger partial charge on any atom is 0.408 e. The molecule has 0 bridgehead atoms. The minimum absolute atomic E-state index is 0.0186. The summed E-state index contributed by atoms with van der Waals surface area (Å²) in [5, 5.41) is 2.37. The molecule has 7 nitrogen and oxygen atoms in total. The molecule has 0 aliphatic carbocycles. The van der Waals surface area contributed by atoms with Crippen LogP contribution in [0.15, 0.2) is 30.3 Å². The maximum absolute atomic E-state index is 11.7. The molecule has 1 amide bonds. The molecule has 1 N–H and O–H groups in total. The van der Waals surface area contributed by atoms with Gasteiger partial charge in [0.25, 0.3) is 0 Å². The van der Waals surface area contributed by atoms with E-state index in [1.807, 2.05) is 30.3 Å². The number of carbonyl (C=O) groups is 3. The molecule has 0 spiro atoms. The molecule has 1 rings (SSSR count). The molecule has 0 unspecified atom stereocenters. The number of carbonyl (C=O) groups excluding carboxylic acids is 3. The first-order chi connectivity index (χ1) is 10.6. The lowest BCUT2D eigenvalue weighted by molar-refractivity contribution is -0.144. The summed E-state index contributed by atoms with van der Waals surface area (Å²) in [5.41, 5.74) is 0.821. The Kier molecular flexibility index (Phi) is 7.45. The molecule has 120 valence electrons. The Morgan fingerprint density at radius 1 is 1.09 bits per heavy atom. The van der Waals surface area contributed by atoms with Crippen molar-refractivity contribution in [2.75, 3.05) is 14.2 Å². The summed E-state index contributed by atoms with van der Waals surface area (Å²) in [4.78, 5) is 34.4. The van der Waals surface area contributed by atoms with E-state index in [1.54, 1.807) is 0 Å². The van der Waals surface area contributed by atoms with Gasteiger partial charge in [-0.3, -0.25) is 4.79 Å². The number of hydrogen-bond acceptors (Lipinski definition) is 6. The van der Waals surface area contributed by atoms with Crippen LogP contribution < -0.4 is 5.32 Å². The van der Waals surface area contributed by atoms with Crippen LogP contribution in [0.25, 0.3) is 0 Å². The summed E-state index contributed by atoms with van der Waals surface area (Å²) in [5.74, 6) is -1.13. The standard InChI is InChI=1S/C15H19NO6/c1-20-13(17)9-8-12(14(18)21-2)16-15(19)22-10-11-6-4-3-5-7-11/h3-7,12H,8-10H2,1-2H3,(H,16,19)/t12-/m0/s1. The zero-order valence-electron chi connectivity index (χ0n) is 12.5. The van der Waals surface area contributed by atoms with Crippen molar-refractivity contribution in [3.8, 4) is 0 Å². The molecule has 1 atom stereocenters. The summed E-state index contributed by atoms with van der Waals surface area (Å²) in [6.07, 6.45) is -0.709. The number of rotatable bonds is 7. The Balaban J connectivity index is 2.48. The molecule has 0 aliphatic rings. The molecule has 0 fully saturated rings. The lowest BCUT2D eigenvalue weighted by Crippen LogP contribution is -2.42. The topological polar surface area (TPSA) is 90.9 Å². The van der Waals surface area contributed by atoms with Crippen molar-refractivity contribution in [2.24, 2.45) is 0 Å². The van der Waals surface area contributed by atoms with Gasteiger partial charge in [0, 0.05) is 6.42 Å². The number of benzene rings is 1. The van der Waals surface area contributed by atoms with Crippen LogP contribution in [-0.4, -0.2) is 38.3 Å². The van der Waals surface area contributed by atoms with E-state index in [0.29, 0.717) is 0 Å². The molecule has 0 saturated carbocycles. The molecule has 7 heteroatoms. The fourth-order valence-corrected chi connectivity index (χ4v) is 1.66. The van der Waals surface area contributed by atoms with Gasteiger partial charge in [0.15, 0.2) is 0 Å². The third kappa shape index (κ3) is 6.25. The largest absolute Gasteiger partial charge is 0.469 e. The number of methoxy groups -OCH3 is 2. The van der Waals surface area contributed by atoms with E-state index in [1.165, 1.54) is 14.2 Å². The average molecular weight is 309 g/mol. The van der Waals surface area contributed by atoms with Gasteiger partial charge in [-0.15, -0.1) is 0 Å². The van der Waals surface area contributed by atoms with Gasteiger partial charge in [-0.1, -0.05) is 30.3 Å². The van der Waals surface area contributed by atoms with Crippen LogP contribution in [0.3, 0.4) is 0 Å². The first-order valence-corrected chi connectivity index (χ1v) is 6.68. The quantitative estimate of drug-likeness (QED) is 0.605. The van der Waals surface area contributed by atoms with Gasteiger partial charge in [-0.2, -0.15) is 0 Å². The number of esters is 2. The number of ether oxygens (including phenoxy) is 3. The van der Waals surface area contributed by atoms with Crippen LogP contribution in [-0.2, 0) is 30.4 Å². The van der Waals surface area contributed by atoms with Gasteiger partial charge < -0.3 is 19.5 Å². The molecular weight excluding hydrogens is 290 g/mol. The average Bonchev–Trinajstić information content (AvgIpc) is 2.56. The maximum atomic E-state index is 11.7. The van der Waals surface area contributed by atoms with E-state index in [0.717, 1.165) is 5.56 Å². The SMILES string of the molecule is COC(=O)CC[C@H](NC(=O)OCc1ccccc1)C(=O)OC. The molecule has 0 heterocycles. The molecule has 0 aromatic heterocycles. The predicted molar refractivity (Wildman–Crippen MR) is 76.8 cm³/mol. The lowest BCUT2D eigenvalue weighted by atomic mass is 10.1. The minimum atomic E-state index is -0.965. The van der Waals surface area contributed by atoms with Crippen molar-refractivity contribution in [1.29, 1.82) is 0 Å². The molecule has 1 aromatic rings. The van der Waals surface area contributed by atoms with Crippen LogP contribution in [0.4, 0.5) is 4.79 Å². The van der Waals surface area contributed by atoms with Gasteiger partial charge in [-0.25, -0.2) is 9.59 Å². The molecule has 1 aromatic carbocycles. The Labute approximate surface area is 128 Å². The molecule has 0 saturated heterocycles. The fraction of sp³-hybridized carbons (Fsp3) is 0.400. The lowest BCUT2D eigenvalue weighted by Gasteiger charge is -2.15. The van der Waals surface area contributed by atoms with Crippen LogP contribution in [0.1, 0.15) is 18.4 Å². The second-order valence-corrected chi connectivity index (χ2v) is 4.40. The minimum Gasteiger partial charge on any atom is -0.469 e. The molecule has 0 aliphatic heterocycles. The Morgan fingerprint density at radius 2 is 1.77 bits per heavy atom. The fourth-order valence-electron chi connectivity index (χ4n) is 1.66. The Hall–Kier alpha value is -2.57. The molecular formula is C15H19NO6. The van der Waals surface area contributed by atoms with E-state index < -0.39 is 24.1 Å². The van der Waals surface area contributed by atoms with Crippen molar-refractivity contribution >= 4 is 18.0 Å². The highest BCUT2D eigenvalue weighted by atomic mass is 16.6. The van der Waals surface area contributed by atoms with Gasteiger partial charge in [0.1, 0.15) is 12.6 Å². The summed E-state index contributed by atoms with van der Waals surface area (Å²) < 4.78 is 14.1. The number of alkyl carbamates (subject to hydrolysis) is 1. The van der Waals surface area contributed by atoms with Crippen molar-refractivity contribution in [3.05, 3.63) is 35.9 Å². The highest BCUT2D eigenvalue weighted by Crippen LogP contribution is 2.04. The predicted octanol–water partition coefficient (Wildman–Crippen LogP) is 1.41. The zero-order valence-corrected chi connectivity index (χ0v) is 12.5. The summed E-state index contributed by atoms with van der Waals surface area (Å²) >= 11 is 0. The molecule has 0 radical (unpaired) electrons. The van der Waals surface area contributed by atoms with Crippen molar-refractivity contribution < 1.29 is 28.6 Å².